The van der Waals surface area contributed by atoms with Gasteiger partial charge in [0.05, 0.1) is 24.2 Å². The Bertz CT molecular complexity index is 1370. The van der Waals surface area contributed by atoms with Gasteiger partial charge in [-0.15, -0.1) is 0 Å². The maximum Gasteiger partial charge on any atom is 0.296 e. The van der Waals surface area contributed by atoms with Crippen LogP contribution in [-0.2, 0) is 14.3 Å². The molecule has 3 N–H and O–H groups in total. The first-order valence-corrected chi connectivity index (χ1v) is 13.4. The number of aromatic nitrogens is 5. The molecule has 2 fully saturated rings. The first-order valence-electron chi connectivity index (χ1n) is 13.4. The number of morpholine rings is 1. The van der Waals surface area contributed by atoms with Crippen molar-refractivity contribution in [2.24, 2.45) is 17.6 Å². The third-order valence-electron chi connectivity index (χ3n) is 7.30. The first-order chi connectivity index (χ1) is 19.2. The fourth-order valence-corrected chi connectivity index (χ4v) is 5.07. The van der Waals surface area contributed by atoms with Crippen LogP contribution >= 0.6 is 0 Å². The van der Waals surface area contributed by atoms with Crippen LogP contribution in [0.4, 0.5) is 20.7 Å². The molecule has 0 spiro atoms. The molecule has 0 bridgehead atoms. The Morgan fingerprint density at radius 2 is 1.55 bits per heavy atom. The Hall–Kier alpha value is -3.94. The number of carbonyl (C=O) groups excluding carboxylic acids is 2. The number of halogens is 2. The van der Waals surface area contributed by atoms with Crippen molar-refractivity contribution in [1.29, 1.82) is 0 Å². The molecule has 3 aromatic rings. The molecule has 0 saturated carbocycles. The summed E-state index contributed by atoms with van der Waals surface area (Å²) in [6.45, 7) is 6.66. The van der Waals surface area contributed by atoms with E-state index in [1.165, 1.54) is 4.57 Å². The van der Waals surface area contributed by atoms with Gasteiger partial charge in [0.25, 0.3) is 6.43 Å². The van der Waals surface area contributed by atoms with Gasteiger partial charge in [0.1, 0.15) is 6.04 Å². The fraction of sp³-hybridized carbons (Fsp3) is 0.538. The average molecular weight is 558 g/mol. The van der Waals surface area contributed by atoms with Crippen molar-refractivity contribution < 1.29 is 23.1 Å². The first kappa shape index (κ1) is 27.6. The van der Waals surface area contributed by atoms with Crippen LogP contribution in [0.5, 0.6) is 0 Å². The van der Waals surface area contributed by atoms with Crippen molar-refractivity contribution in [2.75, 3.05) is 49.2 Å². The van der Waals surface area contributed by atoms with E-state index >= 15 is 0 Å². The van der Waals surface area contributed by atoms with Gasteiger partial charge >= 0.3 is 0 Å². The SMILES string of the molecule is CC(C)[C@H](NC(=O)C1CCN(c2nc(N3CCOCC3)nc(-n3c(C(F)F)nc4ccccc43)n2)CC1)C(N)=O. The maximum absolute atomic E-state index is 14.1. The van der Waals surface area contributed by atoms with E-state index in [1.54, 1.807) is 24.3 Å². The summed E-state index contributed by atoms with van der Waals surface area (Å²) in [5.74, 6) is -0.908. The number of nitrogens with two attached hydrogens (primary N) is 1. The second-order valence-electron chi connectivity index (χ2n) is 10.3. The third-order valence-corrected chi connectivity index (χ3v) is 7.30. The third kappa shape index (κ3) is 5.67. The number of amides is 2. The Kier molecular flexibility index (Phi) is 8.05. The summed E-state index contributed by atoms with van der Waals surface area (Å²) < 4.78 is 35.0. The van der Waals surface area contributed by atoms with Crippen LogP contribution in [0.2, 0.25) is 0 Å². The number of primary amides is 1. The van der Waals surface area contributed by atoms with Gasteiger partial charge in [0, 0.05) is 32.1 Å². The summed E-state index contributed by atoms with van der Waals surface area (Å²) in [5, 5.41) is 2.78. The predicted molar refractivity (Wildman–Crippen MR) is 143 cm³/mol. The molecule has 14 heteroatoms. The number of anilines is 2. The Morgan fingerprint density at radius 3 is 2.15 bits per heavy atom. The quantitative estimate of drug-likeness (QED) is 0.424. The van der Waals surface area contributed by atoms with Crippen LogP contribution in [0, 0.1) is 11.8 Å². The number of rotatable bonds is 8. The van der Waals surface area contributed by atoms with Crippen molar-refractivity contribution in [3.05, 3.63) is 30.1 Å². The fourth-order valence-electron chi connectivity index (χ4n) is 5.07. The summed E-state index contributed by atoms with van der Waals surface area (Å²) in [4.78, 5) is 46.6. The summed E-state index contributed by atoms with van der Waals surface area (Å²) in [6.07, 6.45) is -1.84. The number of nitrogens with zero attached hydrogens (tertiary/aromatic N) is 7. The highest BCUT2D eigenvalue weighted by Crippen LogP contribution is 2.29. The number of benzene rings is 1. The molecule has 2 aliphatic heterocycles. The standard InChI is InChI=1S/C26H33F2N9O3/c1-15(2)19(21(29)38)31-23(39)16-7-9-35(10-8-16)24-32-25(36-11-13-40-14-12-36)34-26(33-24)37-18-6-4-3-5-17(18)30-22(37)20(27)28/h3-6,15-16,19-20H,7-14H2,1-2H3,(H2,29,38)(H,31,39)/t19-/m0/s1. The Labute approximate surface area is 229 Å². The van der Waals surface area contributed by atoms with E-state index in [1.807, 2.05) is 23.6 Å². The molecule has 2 saturated heterocycles. The van der Waals surface area contributed by atoms with Crippen LogP contribution in [0.1, 0.15) is 38.9 Å². The van der Waals surface area contributed by atoms with Crippen molar-refractivity contribution in [2.45, 2.75) is 39.2 Å². The van der Waals surface area contributed by atoms with Crippen molar-refractivity contribution in [3.8, 4) is 5.95 Å². The van der Waals surface area contributed by atoms with Gasteiger partial charge in [-0.25, -0.2) is 13.8 Å². The summed E-state index contributed by atoms with van der Waals surface area (Å²) in [5.41, 5.74) is 6.34. The van der Waals surface area contributed by atoms with Crippen molar-refractivity contribution >= 4 is 34.7 Å². The second kappa shape index (κ2) is 11.7. The van der Waals surface area contributed by atoms with E-state index in [4.69, 9.17) is 15.5 Å². The lowest BCUT2D eigenvalue weighted by Gasteiger charge is -2.33. The molecule has 0 unspecified atom stereocenters. The highest BCUT2D eigenvalue weighted by Gasteiger charge is 2.31. The zero-order chi connectivity index (χ0) is 28.4. The predicted octanol–water partition coefficient (Wildman–Crippen LogP) is 1.83. The largest absolute Gasteiger partial charge is 0.378 e. The maximum atomic E-state index is 14.1. The van der Waals surface area contributed by atoms with E-state index in [-0.39, 0.29) is 23.7 Å². The molecule has 214 valence electrons. The number of hydrogen-bond donors (Lipinski definition) is 2. The number of hydrogen-bond acceptors (Lipinski definition) is 9. The number of nitrogens with one attached hydrogen (secondary N) is 1. The van der Waals surface area contributed by atoms with Gasteiger partial charge < -0.3 is 25.6 Å². The summed E-state index contributed by atoms with van der Waals surface area (Å²) >= 11 is 0. The number of piperidine rings is 1. The summed E-state index contributed by atoms with van der Waals surface area (Å²) in [7, 11) is 0. The van der Waals surface area contributed by atoms with Gasteiger partial charge in [0.2, 0.25) is 29.7 Å². The minimum absolute atomic E-state index is 0.0524. The smallest absolute Gasteiger partial charge is 0.296 e. The van der Waals surface area contributed by atoms with Crippen LogP contribution < -0.4 is 20.9 Å². The van der Waals surface area contributed by atoms with Gasteiger partial charge in [0.15, 0.2) is 5.82 Å². The lowest BCUT2D eigenvalue weighted by atomic mass is 9.94. The van der Waals surface area contributed by atoms with Gasteiger partial charge in [-0.1, -0.05) is 26.0 Å². The molecular weight excluding hydrogens is 524 g/mol. The van der Waals surface area contributed by atoms with E-state index in [0.717, 1.165) is 0 Å². The molecule has 1 aromatic carbocycles. The lowest BCUT2D eigenvalue weighted by Crippen LogP contribution is -2.51. The monoisotopic (exact) mass is 557 g/mol. The number of fused-ring (bicyclic) bond motifs is 1. The Morgan fingerprint density at radius 1 is 0.950 bits per heavy atom. The molecular formula is C26H33F2N9O3. The number of alkyl halides is 2. The number of carbonyl (C=O) groups is 2. The molecule has 2 aliphatic rings. The molecule has 5 rings (SSSR count). The van der Waals surface area contributed by atoms with E-state index in [9.17, 15) is 18.4 Å². The summed E-state index contributed by atoms with van der Waals surface area (Å²) in [6, 6.07) is 6.12. The molecule has 4 heterocycles. The highest BCUT2D eigenvalue weighted by atomic mass is 19.3. The van der Waals surface area contributed by atoms with Crippen molar-refractivity contribution in [3.63, 3.8) is 0 Å². The van der Waals surface area contributed by atoms with E-state index in [0.29, 0.717) is 75.2 Å². The highest BCUT2D eigenvalue weighted by molar-refractivity contribution is 5.87. The van der Waals surface area contributed by atoms with Crippen LogP contribution in [0.25, 0.3) is 17.0 Å². The van der Waals surface area contributed by atoms with E-state index < -0.39 is 24.2 Å². The van der Waals surface area contributed by atoms with Gasteiger partial charge in [-0.05, 0) is 30.9 Å². The topological polar surface area (TPSA) is 144 Å². The van der Waals surface area contributed by atoms with Crippen LogP contribution in [-0.4, -0.2) is 81.8 Å². The molecule has 0 radical (unpaired) electrons. The zero-order valence-corrected chi connectivity index (χ0v) is 22.5. The van der Waals surface area contributed by atoms with Crippen LogP contribution in [0.15, 0.2) is 24.3 Å². The molecule has 0 aliphatic carbocycles. The average Bonchev–Trinajstić information content (AvgIpc) is 3.36. The normalized spacial score (nSPS) is 17.6. The molecule has 1 atom stereocenters. The minimum Gasteiger partial charge on any atom is -0.378 e. The molecule has 12 nitrogen and oxygen atoms in total. The second-order valence-corrected chi connectivity index (χ2v) is 10.3. The van der Waals surface area contributed by atoms with E-state index in [2.05, 4.69) is 20.3 Å². The number of imidazole rings is 1. The lowest BCUT2D eigenvalue weighted by molar-refractivity contribution is -0.131. The van der Waals surface area contributed by atoms with Gasteiger partial charge in [-0.2, -0.15) is 15.0 Å². The van der Waals surface area contributed by atoms with Crippen molar-refractivity contribution in [1.82, 2.24) is 29.8 Å². The molecule has 2 aromatic heterocycles. The minimum atomic E-state index is -2.84. The molecule has 40 heavy (non-hydrogen) atoms. The Balaban J connectivity index is 1.44. The zero-order valence-electron chi connectivity index (χ0n) is 22.5. The molecule has 2 amide bonds. The number of ether oxygens (including phenoxy) is 1. The number of para-hydroxylation sites is 2. The van der Waals surface area contributed by atoms with Gasteiger partial charge in [-0.3, -0.25) is 14.2 Å². The van der Waals surface area contributed by atoms with Crippen LogP contribution in [0.3, 0.4) is 0 Å².